The van der Waals surface area contributed by atoms with E-state index < -0.39 is 0 Å². The smallest absolute Gasteiger partial charge is 0.124 e. The summed E-state index contributed by atoms with van der Waals surface area (Å²) < 4.78 is 13.2. The Morgan fingerprint density at radius 1 is 1.19 bits per heavy atom. The highest BCUT2D eigenvalue weighted by Gasteiger charge is 2.07. The molecule has 0 aromatic heterocycles. The van der Waals surface area contributed by atoms with Crippen molar-refractivity contribution in [2.45, 2.75) is 6.42 Å². The van der Waals surface area contributed by atoms with Crippen LogP contribution in [0.2, 0.25) is 10.0 Å². The first-order valence-electron chi connectivity index (χ1n) is 6.24. The van der Waals surface area contributed by atoms with Crippen LogP contribution in [-0.4, -0.2) is 11.5 Å². The lowest BCUT2D eigenvalue weighted by atomic mass is 10.1. The van der Waals surface area contributed by atoms with Crippen LogP contribution in [0.3, 0.4) is 0 Å². The van der Waals surface area contributed by atoms with Gasteiger partial charge in [0, 0.05) is 27.8 Å². The number of halogens is 3. The molecule has 0 saturated heterocycles. The zero-order chi connectivity index (χ0) is 15.4. The van der Waals surface area contributed by atoms with Gasteiger partial charge in [-0.25, -0.2) is 4.39 Å². The Bertz CT molecular complexity index is 677. The monoisotopic (exact) mass is 342 g/mol. The van der Waals surface area contributed by atoms with Gasteiger partial charge in [0.1, 0.15) is 10.8 Å². The molecular weight excluding hydrogens is 330 g/mol. The molecule has 0 unspecified atom stereocenters. The molecule has 110 valence electrons. The Morgan fingerprint density at radius 3 is 2.62 bits per heavy atom. The van der Waals surface area contributed by atoms with Gasteiger partial charge in [-0.2, -0.15) is 0 Å². The lowest BCUT2D eigenvalue weighted by Gasteiger charge is -2.12. The first-order chi connectivity index (χ1) is 9.97. The standard InChI is InChI=1S/C15H13Cl2FN2S/c16-10-2-1-9(13(17)7-10)5-6-20-14-4-3-11(18)8-12(14)15(19)21/h1-4,7-8,20H,5-6H2,(H2,19,21). The lowest BCUT2D eigenvalue weighted by Crippen LogP contribution is -2.15. The fourth-order valence-electron chi connectivity index (χ4n) is 1.93. The molecule has 0 fully saturated rings. The summed E-state index contributed by atoms with van der Waals surface area (Å²) in [5, 5.41) is 4.41. The van der Waals surface area contributed by atoms with Crippen molar-refractivity contribution in [2.75, 3.05) is 11.9 Å². The second kappa shape index (κ2) is 7.07. The Morgan fingerprint density at radius 2 is 1.95 bits per heavy atom. The lowest BCUT2D eigenvalue weighted by molar-refractivity contribution is 0.627. The third-order valence-corrected chi connectivity index (χ3v) is 3.78. The van der Waals surface area contributed by atoms with E-state index >= 15 is 0 Å². The quantitative estimate of drug-likeness (QED) is 0.789. The minimum absolute atomic E-state index is 0.154. The predicted octanol–water partition coefficient (Wildman–Crippen LogP) is 4.42. The molecule has 0 radical (unpaired) electrons. The highest BCUT2D eigenvalue weighted by molar-refractivity contribution is 7.80. The van der Waals surface area contributed by atoms with Gasteiger partial charge in [-0.05, 0) is 42.3 Å². The topological polar surface area (TPSA) is 38.0 Å². The van der Waals surface area contributed by atoms with Crippen LogP contribution in [0.15, 0.2) is 36.4 Å². The number of nitrogens with one attached hydrogen (secondary N) is 1. The molecule has 0 saturated carbocycles. The van der Waals surface area contributed by atoms with E-state index in [-0.39, 0.29) is 10.8 Å². The van der Waals surface area contributed by atoms with Crippen LogP contribution in [0.4, 0.5) is 10.1 Å². The molecule has 0 amide bonds. The van der Waals surface area contributed by atoms with Gasteiger partial charge in [-0.1, -0.05) is 41.5 Å². The first-order valence-corrected chi connectivity index (χ1v) is 7.41. The molecule has 0 atom stereocenters. The Labute approximate surface area is 138 Å². The van der Waals surface area contributed by atoms with Gasteiger partial charge < -0.3 is 11.1 Å². The van der Waals surface area contributed by atoms with Crippen LogP contribution in [-0.2, 0) is 6.42 Å². The van der Waals surface area contributed by atoms with Crippen LogP contribution in [0, 0.1) is 5.82 Å². The van der Waals surface area contributed by atoms with E-state index in [1.165, 1.54) is 12.1 Å². The maximum Gasteiger partial charge on any atom is 0.124 e. The number of thiocarbonyl (C=S) groups is 1. The van der Waals surface area contributed by atoms with Crippen molar-refractivity contribution in [3.8, 4) is 0 Å². The van der Waals surface area contributed by atoms with Gasteiger partial charge in [-0.3, -0.25) is 0 Å². The van der Waals surface area contributed by atoms with E-state index in [4.69, 9.17) is 41.2 Å². The maximum atomic E-state index is 13.2. The van der Waals surface area contributed by atoms with Crippen LogP contribution < -0.4 is 11.1 Å². The molecule has 0 heterocycles. The largest absolute Gasteiger partial charge is 0.389 e. The molecule has 0 spiro atoms. The highest BCUT2D eigenvalue weighted by Crippen LogP contribution is 2.22. The van der Waals surface area contributed by atoms with E-state index in [0.29, 0.717) is 34.3 Å². The second-order valence-corrected chi connectivity index (χ2v) is 5.75. The van der Waals surface area contributed by atoms with Crippen LogP contribution in [0.5, 0.6) is 0 Å². The molecule has 21 heavy (non-hydrogen) atoms. The number of hydrogen-bond acceptors (Lipinski definition) is 2. The number of anilines is 1. The summed E-state index contributed by atoms with van der Waals surface area (Å²) in [6, 6.07) is 9.68. The van der Waals surface area contributed by atoms with Gasteiger partial charge in [0.15, 0.2) is 0 Å². The molecule has 2 aromatic carbocycles. The van der Waals surface area contributed by atoms with Crippen LogP contribution in [0.1, 0.15) is 11.1 Å². The zero-order valence-corrected chi connectivity index (χ0v) is 13.3. The normalized spacial score (nSPS) is 10.4. The van der Waals surface area contributed by atoms with Crippen molar-refractivity contribution in [1.82, 2.24) is 0 Å². The minimum atomic E-state index is -0.371. The third kappa shape index (κ3) is 4.30. The predicted molar refractivity (Wildman–Crippen MR) is 90.9 cm³/mol. The van der Waals surface area contributed by atoms with Gasteiger partial charge in [0.05, 0.1) is 0 Å². The Hall–Kier alpha value is -1.36. The molecule has 2 rings (SSSR count). The fraction of sp³-hybridized carbons (Fsp3) is 0.133. The molecule has 2 aromatic rings. The van der Waals surface area contributed by atoms with E-state index in [1.807, 2.05) is 6.07 Å². The molecular formula is C15H13Cl2FN2S. The molecule has 0 aliphatic rings. The van der Waals surface area contributed by atoms with Gasteiger partial charge in [0.2, 0.25) is 0 Å². The van der Waals surface area contributed by atoms with Crippen molar-refractivity contribution >= 4 is 46.1 Å². The number of rotatable bonds is 5. The van der Waals surface area contributed by atoms with E-state index in [2.05, 4.69) is 5.32 Å². The summed E-state index contributed by atoms with van der Waals surface area (Å²) in [4.78, 5) is 0.154. The molecule has 0 bridgehead atoms. The van der Waals surface area contributed by atoms with Gasteiger partial charge in [0.25, 0.3) is 0 Å². The summed E-state index contributed by atoms with van der Waals surface area (Å²) in [6.07, 6.45) is 0.699. The summed E-state index contributed by atoms with van der Waals surface area (Å²) in [6.45, 7) is 0.614. The van der Waals surface area contributed by atoms with Gasteiger partial charge in [-0.15, -0.1) is 0 Å². The van der Waals surface area contributed by atoms with Crippen molar-refractivity contribution in [3.63, 3.8) is 0 Å². The third-order valence-electron chi connectivity index (χ3n) is 2.97. The average Bonchev–Trinajstić information content (AvgIpc) is 2.42. The SMILES string of the molecule is NC(=S)c1cc(F)ccc1NCCc1ccc(Cl)cc1Cl. The summed E-state index contributed by atoms with van der Waals surface area (Å²) in [5.74, 6) is -0.371. The Balaban J connectivity index is 2.05. The average molecular weight is 343 g/mol. The van der Waals surface area contributed by atoms with E-state index in [0.717, 1.165) is 5.56 Å². The number of benzene rings is 2. The van der Waals surface area contributed by atoms with Crippen LogP contribution in [0.25, 0.3) is 0 Å². The van der Waals surface area contributed by atoms with Crippen LogP contribution >= 0.6 is 35.4 Å². The highest BCUT2D eigenvalue weighted by atomic mass is 35.5. The molecule has 6 heteroatoms. The van der Waals surface area contributed by atoms with Crippen molar-refractivity contribution in [1.29, 1.82) is 0 Å². The van der Waals surface area contributed by atoms with E-state index in [1.54, 1.807) is 18.2 Å². The van der Waals surface area contributed by atoms with Crippen molar-refractivity contribution < 1.29 is 4.39 Å². The summed E-state index contributed by atoms with van der Waals surface area (Å²) in [5.41, 5.74) is 7.77. The molecule has 0 aliphatic carbocycles. The Kier molecular flexibility index (Phi) is 5.39. The van der Waals surface area contributed by atoms with Crippen molar-refractivity contribution in [2.24, 2.45) is 5.73 Å². The molecule has 0 aliphatic heterocycles. The molecule has 2 nitrogen and oxygen atoms in total. The second-order valence-electron chi connectivity index (χ2n) is 4.47. The first kappa shape index (κ1) is 16.0. The maximum absolute atomic E-state index is 13.2. The zero-order valence-electron chi connectivity index (χ0n) is 11.0. The van der Waals surface area contributed by atoms with Gasteiger partial charge >= 0.3 is 0 Å². The molecule has 3 N–H and O–H groups in total. The number of nitrogens with two attached hydrogens (primary N) is 1. The van der Waals surface area contributed by atoms with E-state index in [9.17, 15) is 4.39 Å². The minimum Gasteiger partial charge on any atom is -0.389 e. The number of hydrogen-bond donors (Lipinski definition) is 2. The fourth-order valence-corrected chi connectivity index (χ4v) is 2.60. The summed E-state index contributed by atoms with van der Waals surface area (Å²) in [7, 11) is 0. The van der Waals surface area contributed by atoms with Crippen molar-refractivity contribution in [3.05, 3.63) is 63.4 Å². The summed E-state index contributed by atoms with van der Waals surface area (Å²) >= 11 is 16.9.